The first-order valence-corrected chi connectivity index (χ1v) is 6.80. The Balaban J connectivity index is 2.10. The summed E-state index contributed by atoms with van der Waals surface area (Å²) in [6.45, 7) is 3.99. The van der Waals surface area contributed by atoms with Crippen molar-refractivity contribution in [1.82, 2.24) is 9.97 Å². The van der Waals surface area contributed by atoms with Crippen LogP contribution in [0.2, 0.25) is 0 Å². The highest BCUT2D eigenvalue weighted by molar-refractivity contribution is 6.14. The van der Waals surface area contributed by atoms with E-state index in [1.807, 2.05) is 36.5 Å². The summed E-state index contributed by atoms with van der Waals surface area (Å²) in [5.74, 6) is -1.02. The second-order valence-corrected chi connectivity index (χ2v) is 4.97. The summed E-state index contributed by atoms with van der Waals surface area (Å²) in [4.78, 5) is 18.6. The zero-order valence-electron chi connectivity index (χ0n) is 11.8. The molecular weight excluding hydrogens is 278 g/mol. The molecule has 2 heterocycles. The third-order valence-corrected chi connectivity index (χ3v) is 3.59. The lowest BCUT2D eigenvalue weighted by molar-refractivity contribution is -0.130. The number of benzene rings is 1. The van der Waals surface area contributed by atoms with Crippen molar-refractivity contribution in [3.8, 4) is 11.1 Å². The van der Waals surface area contributed by atoms with E-state index in [0.29, 0.717) is 12.1 Å². The van der Waals surface area contributed by atoms with Gasteiger partial charge in [-0.05, 0) is 29.3 Å². The molecule has 0 saturated carbocycles. The van der Waals surface area contributed by atoms with Gasteiger partial charge in [0.05, 0.1) is 11.3 Å². The summed E-state index contributed by atoms with van der Waals surface area (Å²) in [6.07, 6.45) is 1.86. The van der Waals surface area contributed by atoms with Crippen LogP contribution in [-0.4, -0.2) is 21.0 Å². The zero-order valence-corrected chi connectivity index (χ0v) is 11.8. The standard InChI is InChI=1S/C17H15N3O2/c1-10(17(21)22)11-3-2-4-12(7-11)15-9-19-16-14(15)6-5-13(8-18)20-16/h2-7,9H,1,8,18H2,(H,19,20)(H,21,22). The topological polar surface area (TPSA) is 92.0 Å². The van der Waals surface area contributed by atoms with Gasteiger partial charge in [0.1, 0.15) is 5.65 Å². The number of aliphatic carboxylic acids is 1. The minimum atomic E-state index is -1.02. The third kappa shape index (κ3) is 2.38. The Bertz CT molecular complexity index is 880. The van der Waals surface area contributed by atoms with Crippen molar-refractivity contribution in [1.29, 1.82) is 0 Å². The van der Waals surface area contributed by atoms with Crippen molar-refractivity contribution in [3.05, 3.63) is 60.4 Å². The Hall–Kier alpha value is -2.92. The Morgan fingerprint density at radius 1 is 1.32 bits per heavy atom. The van der Waals surface area contributed by atoms with E-state index < -0.39 is 5.97 Å². The predicted octanol–water partition coefficient (Wildman–Crippen LogP) is 2.79. The molecule has 3 rings (SSSR count). The lowest BCUT2D eigenvalue weighted by atomic mass is 10.00. The average molecular weight is 293 g/mol. The van der Waals surface area contributed by atoms with E-state index in [0.717, 1.165) is 27.9 Å². The molecule has 2 aromatic heterocycles. The molecule has 0 amide bonds. The van der Waals surface area contributed by atoms with Crippen LogP contribution >= 0.6 is 0 Å². The van der Waals surface area contributed by atoms with Crippen molar-refractivity contribution in [2.24, 2.45) is 5.73 Å². The van der Waals surface area contributed by atoms with Crippen LogP contribution < -0.4 is 5.73 Å². The van der Waals surface area contributed by atoms with E-state index in [4.69, 9.17) is 10.8 Å². The number of aromatic nitrogens is 2. The zero-order chi connectivity index (χ0) is 15.7. The highest BCUT2D eigenvalue weighted by atomic mass is 16.4. The number of hydrogen-bond donors (Lipinski definition) is 3. The number of carboxylic acid groups (broad SMARTS) is 1. The van der Waals surface area contributed by atoms with Gasteiger partial charge in [-0.3, -0.25) is 0 Å². The molecule has 22 heavy (non-hydrogen) atoms. The minimum absolute atomic E-state index is 0.0743. The number of rotatable bonds is 4. The molecular formula is C17H15N3O2. The average Bonchev–Trinajstić information content (AvgIpc) is 2.97. The predicted molar refractivity (Wildman–Crippen MR) is 86.1 cm³/mol. The van der Waals surface area contributed by atoms with Crippen molar-refractivity contribution in [2.75, 3.05) is 0 Å². The molecule has 0 atom stereocenters. The van der Waals surface area contributed by atoms with Gasteiger partial charge in [-0.25, -0.2) is 9.78 Å². The van der Waals surface area contributed by atoms with Gasteiger partial charge in [0.2, 0.25) is 0 Å². The smallest absolute Gasteiger partial charge is 0.335 e. The largest absolute Gasteiger partial charge is 0.478 e. The molecule has 0 aliphatic heterocycles. The van der Waals surface area contributed by atoms with Gasteiger partial charge >= 0.3 is 5.97 Å². The highest BCUT2D eigenvalue weighted by Gasteiger charge is 2.11. The number of nitrogens with zero attached hydrogens (tertiary/aromatic N) is 1. The number of carbonyl (C=O) groups is 1. The van der Waals surface area contributed by atoms with Gasteiger partial charge in [-0.15, -0.1) is 0 Å². The summed E-state index contributed by atoms with van der Waals surface area (Å²) >= 11 is 0. The molecule has 0 fully saturated rings. The molecule has 0 spiro atoms. The molecule has 4 N–H and O–H groups in total. The van der Waals surface area contributed by atoms with Gasteiger partial charge in [-0.2, -0.15) is 0 Å². The molecule has 0 radical (unpaired) electrons. The molecule has 110 valence electrons. The fourth-order valence-corrected chi connectivity index (χ4v) is 2.40. The van der Waals surface area contributed by atoms with Crippen LogP contribution in [0.4, 0.5) is 0 Å². The first-order valence-electron chi connectivity index (χ1n) is 6.80. The van der Waals surface area contributed by atoms with Crippen molar-refractivity contribution in [3.63, 3.8) is 0 Å². The van der Waals surface area contributed by atoms with E-state index in [2.05, 4.69) is 16.5 Å². The quantitative estimate of drug-likeness (QED) is 0.645. The number of fused-ring (bicyclic) bond motifs is 1. The minimum Gasteiger partial charge on any atom is -0.478 e. The molecule has 3 aromatic rings. The molecule has 1 aromatic carbocycles. The monoisotopic (exact) mass is 293 g/mol. The first-order chi connectivity index (χ1) is 10.6. The summed E-state index contributed by atoms with van der Waals surface area (Å²) in [7, 11) is 0. The van der Waals surface area contributed by atoms with Crippen molar-refractivity contribution < 1.29 is 9.90 Å². The van der Waals surface area contributed by atoms with Crippen LogP contribution in [0.1, 0.15) is 11.3 Å². The Morgan fingerprint density at radius 2 is 2.14 bits per heavy atom. The molecule has 0 saturated heterocycles. The van der Waals surface area contributed by atoms with Crippen LogP contribution in [0, 0.1) is 0 Å². The number of hydrogen-bond acceptors (Lipinski definition) is 3. The summed E-state index contributed by atoms with van der Waals surface area (Å²) in [5.41, 5.74) is 9.71. The van der Waals surface area contributed by atoms with Crippen molar-refractivity contribution in [2.45, 2.75) is 6.54 Å². The number of nitrogens with one attached hydrogen (secondary N) is 1. The fraction of sp³-hybridized carbons (Fsp3) is 0.0588. The molecule has 0 bridgehead atoms. The molecule has 5 nitrogen and oxygen atoms in total. The number of H-pyrrole nitrogens is 1. The Labute approximate surface area is 127 Å². The van der Waals surface area contributed by atoms with E-state index in [9.17, 15) is 4.79 Å². The maximum Gasteiger partial charge on any atom is 0.335 e. The number of aromatic amines is 1. The van der Waals surface area contributed by atoms with Crippen LogP contribution in [-0.2, 0) is 11.3 Å². The fourth-order valence-electron chi connectivity index (χ4n) is 2.40. The molecule has 0 unspecified atom stereocenters. The summed E-state index contributed by atoms with van der Waals surface area (Å²) < 4.78 is 0. The Morgan fingerprint density at radius 3 is 2.86 bits per heavy atom. The van der Waals surface area contributed by atoms with Crippen LogP contribution in [0.5, 0.6) is 0 Å². The normalized spacial score (nSPS) is 10.8. The van der Waals surface area contributed by atoms with E-state index in [1.165, 1.54) is 0 Å². The van der Waals surface area contributed by atoms with Gasteiger partial charge in [0, 0.05) is 23.7 Å². The third-order valence-electron chi connectivity index (χ3n) is 3.59. The SMILES string of the molecule is C=C(C(=O)O)c1cccc(-c2c[nH]c3nc(CN)ccc23)c1. The number of pyridine rings is 1. The van der Waals surface area contributed by atoms with E-state index in [-0.39, 0.29) is 5.57 Å². The highest BCUT2D eigenvalue weighted by Crippen LogP contribution is 2.29. The van der Waals surface area contributed by atoms with Gasteiger partial charge < -0.3 is 15.8 Å². The molecule has 5 heteroatoms. The second-order valence-electron chi connectivity index (χ2n) is 4.97. The van der Waals surface area contributed by atoms with Gasteiger partial charge in [0.15, 0.2) is 0 Å². The molecule has 0 aliphatic carbocycles. The van der Waals surface area contributed by atoms with Crippen LogP contribution in [0.3, 0.4) is 0 Å². The Kier molecular flexibility index (Phi) is 3.48. The van der Waals surface area contributed by atoms with Gasteiger partial charge in [0.25, 0.3) is 0 Å². The maximum absolute atomic E-state index is 11.1. The van der Waals surface area contributed by atoms with Gasteiger partial charge in [-0.1, -0.05) is 24.8 Å². The van der Waals surface area contributed by atoms with E-state index >= 15 is 0 Å². The number of carboxylic acids is 1. The lowest BCUT2D eigenvalue weighted by Gasteiger charge is -2.05. The van der Waals surface area contributed by atoms with Crippen LogP contribution in [0.15, 0.2) is 49.2 Å². The summed E-state index contributed by atoms with van der Waals surface area (Å²) in [5, 5.41) is 10.0. The maximum atomic E-state index is 11.1. The second kappa shape index (κ2) is 5.46. The first kappa shape index (κ1) is 14.0. The van der Waals surface area contributed by atoms with Crippen molar-refractivity contribution >= 4 is 22.6 Å². The molecule has 0 aliphatic rings. The number of nitrogens with two attached hydrogens (primary N) is 1. The van der Waals surface area contributed by atoms with E-state index in [1.54, 1.807) is 6.07 Å². The van der Waals surface area contributed by atoms with Crippen LogP contribution in [0.25, 0.3) is 27.7 Å². The summed E-state index contributed by atoms with van der Waals surface area (Å²) in [6, 6.07) is 11.2. The lowest BCUT2D eigenvalue weighted by Crippen LogP contribution is -1.99.